The monoisotopic (exact) mass is 356 g/mol. The summed E-state index contributed by atoms with van der Waals surface area (Å²) in [5, 5.41) is 9.07. The molecule has 0 atom stereocenters. The van der Waals surface area contributed by atoms with E-state index in [0.29, 0.717) is 30.0 Å². The van der Waals surface area contributed by atoms with Crippen LogP contribution in [0.2, 0.25) is 0 Å². The Labute approximate surface area is 150 Å². The van der Waals surface area contributed by atoms with E-state index in [1.54, 1.807) is 43.1 Å². The van der Waals surface area contributed by atoms with Gasteiger partial charge in [0, 0.05) is 31.3 Å². The molecule has 0 aliphatic carbocycles. The zero-order valence-electron chi connectivity index (χ0n) is 14.7. The van der Waals surface area contributed by atoms with E-state index >= 15 is 0 Å². The van der Waals surface area contributed by atoms with Crippen LogP contribution in [0.15, 0.2) is 34.7 Å². The first-order chi connectivity index (χ1) is 12.4. The molecule has 7 nitrogen and oxygen atoms in total. The van der Waals surface area contributed by atoms with Crippen molar-refractivity contribution < 1.29 is 23.9 Å². The van der Waals surface area contributed by atoms with Crippen LogP contribution in [-0.2, 0) is 11.3 Å². The quantitative estimate of drug-likeness (QED) is 0.889. The Morgan fingerprint density at radius 3 is 2.50 bits per heavy atom. The zero-order chi connectivity index (χ0) is 18.8. The van der Waals surface area contributed by atoms with Gasteiger partial charge in [-0.25, -0.2) is 4.79 Å². The molecule has 0 bridgehead atoms. The molecule has 1 N–H and O–H groups in total. The van der Waals surface area contributed by atoms with E-state index in [0.717, 1.165) is 12.1 Å². The van der Waals surface area contributed by atoms with Gasteiger partial charge in [-0.05, 0) is 43.7 Å². The summed E-state index contributed by atoms with van der Waals surface area (Å²) in [5.74, 6) is -0.444. The molecule has 1 saturated heterocycles. The molecule has 7 heteroatoms. The number of rotatable bonds is 5. The number of amides is 2. The summed E-state index contributed by atoms with van der Waals surface area (Å²) in [7, 11) is 1.62. The van der Waals surface area contributed by atoms with Gasteiger partial charge in [0.15, 0.2) is 0 Å². The summed E-state index contributed by atoms with van der Waals surface area (Å²) < 4.78 is 5.41. The molecule has 1 fully saturated rings. The first kappa shape index (κ1) is 17.7. The third kappa shape index (κ3) is 3.46. The van der Waals surface area contributed by atoms with Gasteiger partial charge in [-0.2, -0.15) is 0 Å². The Kier molecular flexibility index (Phi) is 4.79. The Morgan fingerprint density at radius 2 is 1.96 bits per heavy atom. The summed E-state index contributed by atoms with van der Waals surface area (Å²) in [4.78, 5) is 38.6. The summed E-state index contributed by atoms with van der Waals surface area (Å²) in [6.07, 6.45) is 1.41. The number of hydrogen-bond acceptors (Lipinski definition) is 4. The van der Waals surface area contributed by atoms with Crippen LogP contribution in [0.3, 0.4) is 0 Å². The Bertz CT molecular complexity index is 853. The van der Waals surface area contributed by atoms with E-state index in [4.69, 9.17) is 9.52 Å². The van der Waals surface area contributed by atoms with Crippen molar-refractivity contribution in [3.05, 3.63) is 53.0 Å². The number of carbonyl (C=O) groups excluding carboxylic acids is 2. The number of carboxylic acids is 1. The lowest BCUT2D eigenvalue weighted by molar-refractivity contribution is -0.117. The smallest absolute Gasteiger partial charge is 0.339 e. The molecule has 2 heterocycles. The van der Waals surface area contributed by atoms with Crippen LogP contribution in [0.4, 0.5) is 5.69 Å². The van der Waals surface area contributed by atoms with E-state index in [9.17, 15) is 14.4 Å². The fourth-order valence-electron chi connectivity index (χ4n) is 3.06. The Morgan fingerprint density at radius 1 is 1.27 bits per heavy atom. The molecule has 2 aromatic rings. The normalized spacial score (nSPS) is 13.9. The van der Waals surface area contributed by atoms with Crippen LogP contribution in [0, 0.1) is 6.92 Å². The van der Waals surface area contributed by atoms with Crippen LogP contribution in [-0.4, -0.2) is 41.4 Å². The number of benzene rings is 1. The number of carbonyl (C=O) groups is 3. The number of hydrogen-bond donors (Lipinski definition) is 1. The van der Waals surface area contributed by atoms with E-state index in [-0.39, 0.29) is 23.9 Å². The number of aromatic carboxylic acids is 1. The fraction of sp³-hybridized carbons (Fsp3) is 0.316. The molecule has 0 radical (unpaired) electrons. The number of furan rings is 1. The molecule has 136 valence electrons. The lowest BCUT2D eigenvalue weighted by Gasteiger charge is -2.18. The van der Waals surface area contributed by atoms with Crippen molar-refractivity contribution >= 4 is 23.5 Å². The molecule has 0 spiro atoms. The molecule has 3 rings (SSSR count). The van der Waals surface area contributed by atoms with Crippen molar-refractivity contribution in [1.29, 1.82) is 0 Å². The van der Waals surface area contributed by atoms with E-state index in [1.807, 2.05) is 0 Å². The van der Waals surface area contributed by atoms with Crippen molar-refractivity contribution in [2.24, 2.45) is 0 Å². The van der Waals surface area contributed by atoms with E-state index in [2.05, 4.69) is 0 Å². The second-order valence-corrected chi connectivity index (χ2v) is 6.34. The van der Waals surface area contributed by atoms with Gasteiger partial charge in [-0.3, -0.25) is 9.59 Å². The van der Waals surface area contributed by atoms with Crippen molar-refractivity contribution in [2.45, 2.75) is 26.3 Å². The summed E-state index contributed by atoms with van der Waals surface area (Å²) >= 11 is 0. The van der Waals surface area contributed by atoms with E-state index in [1.165, 1.54) is 11.0 Å². The second-order valence-electron chi connectivity index (χ2n) is 6.34. The minimum atomic E-state index is -1.06. The average molecular weight is 356 g/mol. The van der Waals surface area contributed by atoms with Gasteiger partial charge in [-0.1, -0.05) is 0 Å². The zero-order valence-corrected chi connectivity index (χ0v) is 14.7. The maximum atomic E-state index is 12.6. The van der Waals surface area contributed by atoms with Crippen LogP contribution in [0.1, 0.15) is 45.1 Å². The summed E-state index contributed by atoms with van der Waals surface area (Å²) in [5.41, 5.74) is 1.38. The van der Waals surface area contributed by atoms with Gasteiger partial charge in [0.2, 0.25) is 5.91 Å². The number of aryl methyl sites for hydroxylation is 1. The van der Waals surface area contributed by atoms with Crippen LogP contribution in [0.25, 0.3) is 0 Å². The third-order valence-electron chi connectivity index (χ3n) is 4.44. The van der Waals surface area contributed by atoms with Crippen LogP contribution < -0.4 is 4.90 Å². The SMILES string of the molecule is Cc1oc(CN(C)C(=O)c2ccc(N3CCCC3=O)cc2)cc1C(=O)O. The van der Waals surface area contributed by atoms with Crippen molar-refractivity contribution in [2.75, 3.05) is 18.5 Å². The lowest BCUT2D eigenvalue weighted by atomic mass is 10.1. The Balaban J connectivity index is 1.69. The van der Waals surface area contributed by atoms with Crippen molar-refractivity contribution in [3.63, 3.8) is 0 Å². The summed E-state index contributed by atoms with van der Waals surface area (Å²) in [6.45, 7) is 2.45. The first-order valence-electron chi connectivity index (χ1n) is 8.35. The lowest BCUT2D eigenvalue weighted by Crippen LogP contribution is -2.26. The highest BCUT2D eigenvalue weighted by Crippen LogP contribution is 2.22. The Hall–Kier alpha value is -3.09. The third-order valence-corrected chi connectivity index (χ3v) is 4.44. The van der Waals surface area contributed by atoms with Gasteiger partial charge >= 0.3 is 5.97 Å². The number of nitrogens with zero attached hydrogens (tertiary/aromatic N) is 2. The van der Waals surface area contributed by atoms with Gasteiger partial charge < -0.3 is 19.3 Å². The predicted molar refractivity (Wildman–Crippen MR) is 94.2 cm³/mol. The maximum absolute atomic E-state index is 12.6. The highest BCUT2D eigenvalue weighted by atomic mass is 16.4. The highest BCUT2D eigenvalue weighted by molar-refractivity contribution is 5.97. The molecule has 0 unspecified atom stereocenters. The molecule has 26 heavy (non-hydrogen) atoms. The van der Waals surface area contributed by atoms with E-state index < -0.39 is 5.97 Å². The van der Waals surface area contributed by atoms with Gasteiger partial charge in [0.05, 0.1) is 6.54 Å². The topological polar surface area (TPSA) is 91.1 Å². The minimum Gasteiger partial charge on any atom is -0.478 e. The number of anilines is 1. The van der Waals surface area contributed by atoms with Crippen molar-refractivity contribution in [1.82, 2.24) is 4.90 Å². The largest absolute Gasteiger partial charge is 0.478 e. The van der Waals surface area contributed by atoms with Crippen molar-refractivity contribution in [3.8, 4) is 0 Å². The summed E-state index contributed by atoms with van der Waals surface area (Å²) in [6, 6.07) is 8.35. The number of carboxylic acid groups (broad SMARTS) is 1. The maximum Gasteiger partial charge on any atom is 0.339 e. The standard InChI is InChI=1S/C19H20N2O5/c1-12-16(19(24)25)10-15(26-12)11-20(2)18(23)13-5-7-14(8-6-13)21-9-3-4-17(21)22/h5-8,10H,3-4,9,11H2,1-2H3,(H,24,25). The fourth-order valence-corrected chi connectivity index (χ4v) is 3.06. The molecule has 1 aromatic heterocycles. The molecule has 1 aliphatic rings. The molecule has 0 saturated carbocycles. The molecular weight excluding hydrogens is 336 g/mol. The average Bonchev–Trinajstić information content (AvgIpc) is 3.20. The molecule has 2 amide bonds. The molecule has 1 aromatic carbocycles. The minimum absolute atomic E-state index is 0.0977. The van der Waals surface area contributed by atoms with Gasteiger partial charge in [0.25, 0.3) is 5.91 Å². The van der Waals surface area contributed by atoms with Gasteiger partial charge in [0.1, 0.15) is 17.1 Å². The van der Waals surface area contributed by atoms with Crippen LogP contribution in [0.5, 0.6) is 0 Å². The second kappa shape index (κ2) is 7.03. The highest BCUT2D eigenvalue weighted by Gasteiger charge is 2.22. The van der Waals surface area contributed by atoms with Crippen LogP contribution >= 0.6 is 0 Å². The molecule has 1 aliphatic heterocycles. The van der Waals surface area contributed by atoms with Gasteiger partial charge in [-0.15, -0.1) is 0 Å². The predicted octanol–water partition coefficient (Wildman–Crippen LogP) is 2.69. The molecular formula is C19H20N2O5. The first-order valence-corrected chi connectivity index (χ1v) is 8.35.